The lowest BCUT2D eigenvalue weighted by molar-refractivity contribution is -0.0271. The van der Waals surface area contributed by atoms with Gasteiger partial charge in [0.05, 0.1) is 16.7 Å². The maximum absolute atomic E-state index is 12.1. The van der Waals surface area contributed by atoms with Crippen molar-refractivity contribution in [2.24, 2.45) is 5.92 Å². The van der Waals surface area contributed by atoms with Gasteiger partial charge in [0, 0.05) is 24.5 Å². The van der Waals surface area contributed by atoms with E-state index in [2.05, 4.69) is 19.2 Å². The Labute approximate surface area is 151 Å². The summed E-state index contributed by atoms with van der Waals surface area (Å²) in [5.41, 5.74) is 1.03. The molecule has 1 N–H and O–H groups in total. The van der Waals surface area contributed by atoms with E-state index in [1.807, 2.05) is 0 Å². The quantitative estimate of drug-likeness (QED) is 0.744. The van der Waals surface area contributed by atoms with Crippen LogP contribution < -0.4 is 5.32 Å². The SMILES string of the molecule is CCC(CC)C1CC(Nc2cc(C(C)=O)ccc2S(C)(=O)=O)CCO1. The lowest BCUT2D eigenvalue weighted by atomic mass is 9.89. The number of hydrogen-bond acceptors (Lipinski definition) is 5. The highest BCUT2D eigenvalue weighted by Crippen LogP contribution is 2.30. The Balaban J connectivity index is 2.25. The number of Topliss-reactive ketones (excluding diaryl/α,β-unsaturated/α-hetero) is 1. The van der Waals surface area contributed by atoms with Crippen molar-refractivity contribution in [3.63, 3.8) is 0 Å². The Hall–Kier alpha value is -1.40. The minimum Gasteiger partial charge on any atom is -0.381 e. The van der Waals surface area contributed by atoms with E-state index in [-0.39, 0.29) is 22.8 Å². The molecule has 0 radical (unpaired) electrons. The Morgan fingerprint density at radius 2 is 2.00 bits per heavy atom. The summed E-state index contributed by atoms with van der Waals surface area (Å²) in [5, 5.41) is 3.37. The van der Waals surface area contributed by atoms with E-state index in [0.29, 0.717) is 23.8 Å². The minimum absolute atomic E-state index is 0.0787. The number of ether oxygens (including phenoxy) is 1. The van der Waals surface area contributed by atoms with Crippen LogP contribution in [0.5, 0.6) is 0 Å². The zero-order chi connectivity index (χ0) is 18.6. The lowest BCUT2D eigenvalue weighted by Gasteiger charge is -2.35. The van der Waals surface area contributed by atoms with Gasteiger partial charge in [-0.1, -0.05) is 26.7 Å². The summed E-state index contributed by atoms with van der Waals surface area (Å²) in [6, 6.07) is 4.88. The summed E-state index contributed by atoms with van der Waals surface area (Å²) >= 11 is 0. The van der Waals surface area contributed by atoms with Crippen LogP contribution in [-0.4, -0.2) is 39.2 Å². The molecular weight excluding hydrogens is 338 g/mol. The van der Waals surface area contributed by atoms with Gasteiger partial charge in [-0.25, -0.2) is 8.42 Å². The molecule has 25 heavy (non-hydrogen) atoms. The van der Waals surface area contributed by atoms with Gasteiger partial charge in [0.2, 0.25) is 0 Å². The number of ketones is 1. The molecule has 0 aliphatic carbocycles. The minimum atomic E-state index is -3.37. The molecule has 1 saturated heterocycles. The highest BCUT2D eigenvalue weighted by atomic mass is 32.2. The van der Waals surface area contributed by atoms with Crippen LogP contribution in [0.4, 0.5) is 5.69 Å². The van der Waals surface area contributed by atoms with E-state index in [1.54, 1.807) is 12.1 Å². The van der Waals surface area contributed by atoms with E-state index >= 15 is 0 Å². The van der Waals surface area contributed by atoms with Crippen LogP contribution in [-0.2, 0) is 14.6 Å². The van der Waals surface area contributed by atoms with Crippen LogP contribution >= 0.6 is 0 Å². The third-order valence-corrected chi connectivity index (χ3v) is 6.19. The van der Waals surface area contributed by atoms with Crippen molar-refractivity contribution in [1.29, 1.82) is 0 Å². The van der Waals surface area contributed by atoms with Crippen LogP contribution in [0, 0.1) is 5.92 Å². The fraction of sp³-hybridized carbons (Fsp3) is 0.632. The number of nitrogens with one attached hydrogen (secondary N) is 1. The average molecular weight is 368 g/mol. The van der Waals surface area contributed by atoms with Crippen molar-refractivity contribution in [3.05, 3.63) is 23.8 Å². The Morgan fingerprint density at radius 3 is 2.56 bits per heavy atom. The molecular formula is C19H29NO4S. The summed E-state index contributed by atoms with van der Waals surface area (Å²) in [6.07, 6.45) is 5.20. The number of carbonyl (C=O) groups is 1. The summed E-state index contributed by atoms with van der Waals surface area (Å²) in [6.45, 7) is 6.50. The number of hydrogen-bond donors (Lipinski definition) is 1. The number of benzene rings is 1. The second-order valence-electron chi connectivity index (χ2n) is 6.89. The van der Waals surface area contributed by atoms with Crippen molar-refractivity contribution in [1.82, 2.24) is 0 Å². The molecule has 0 aromatic heterocycles. The van der Waals surface area contributed by atoms with Crippen molar-refractivity contribution in [2.75, 3.05) is 18.2 Å². The van der Waals surface area contributed by atoms with E-state index in [9.17, 15) is 13.2 Å². The molecule has 0 bridgehead atoms. The molecule has 2 rings (SSSR count). The monoisotopic (exact) mass is 367 g/mol. The Bertz CT molecular complexity index is 710. The van der Waals surface area contributed by atoms with Gasteiger partial charge in [0.25, 0.3) is 0 Å². The summed E-state index contributed by atoms with van der Waals surface area (Å²) in [7, 11) is -3.37. The molecule has 1 fully saturated rings. The third-order valence-electron chi connectivity index (χ3n) is 5.03. The number of carbonyl (C=O) groups excluding carboxylic acids is 1. The smallest absolute Gasteiger partial charge is 0.177 e. The van der Waals surface area contributed by atoms with E-state index < -0.39 is 9.84 Å². The van der Waals surface area contributed by atoms with E-state index in [0.717, 1.165) is 25.7 Å². The van der Waals surface area contributed by atoms with Gasteiger partial charge in [-0.3, -0.25) is 4.79 Å². The molecule has 5 nitrogen and oxygen atoms in total. The first-order valence-electron chi connectivity index (χ1n) is 8.99. The fourth-order valence-corrected chi connectivity index (χ4v) is 4.34. The van der Waals surface area contributed by atoms with Crippen molar-refractivity contribution in [2.45, 2.75) is 63.5 Å². The van der Waals surface area contributed by atoms with Crippen molar-refractivity contribution in [3.8, 4) is 0 Å². The first-order chi connectivity index (χ1) is 11.8. The number of sulfone groups is 1. The van der Waals surface area contributed by atoms with Crippen LogP contribution in [0.3, 0.4) is 0 Å². The third kappa shape index (κ3) is 5.05. The summed E-state index contributed by atoms with van der Waals surface area (Å²) in [5.74, 6) is 0.438. The molecule has 1 heterocycles. The first kappa shape index (κ1) is 19.9. The van der Waals surface area contributed by atoms with Crippen LogP contribution in [0.1, 0.15) is 56.8 Å². The second kappa shape index (κ2) is 8.32. The maximum Gasteiger partial charge on any atom is 0.177 e. The molecule has 2 atom stereocenters. The fourth-order valence-electron chi connectivity index (χ4n) is 3.51. The van der Waals surface area contributed by atoms with Gasteiger partial charge in [-0.05, 0) is 43.9 Å². The van der Waals surface area contributed by atoms with Crippen LogP contribution in [0.15, 0.2) is 23.1 Å². The zero-order valence-corrected chi connectivity index (χ0v) is 16.4. The second-order valence-corrected chi connectivity index (χ2v) is 8.87. The van der Waals surface area contributed by atoms with Gasteiger partial charge in [-0.2, -0.15) is 0 Å². The largest absolute Gasteiger partial charge is 0.381 e. The highest BCUT2D eigenvalue weighted by molar-refractivity contribution is 7.90. The van der Waals surface area contributed by atoms with E-state index in [1.165, 1.54) is 19.2 Å². The molecule has 1 aliphatic heterocycles. The van der Waals surface area contributed by atoms with Crippen LogP contribution in [0.25, 0.3) is 0 Å². The topological polar surface area (TPSA) is 72.5 Å². The van der Waals surface area contributed by atoms with Gasteiger partial charge >= 0.3 is 0 Å². The zero-order valence-electron chi connectivity index (χ0n) is 15.5. The lowest BCUT2D eigenvalue weighted by Crippen LogP contribution is -2.38. The number of anilines is 1. The first-order valence-corrected chi connectivity index (χ1v) is 10.9. The Kier molecular flexibility index (Phi) is 6.63. The normalized spacial score (nSPS) is 21.3. The molecule has 140 valence electrons. The molecule has 6 heteroatoms. The molecule has 0 amide bonds. The summed E-state index contributed by atoms with van der Waals surface area (Å²) in [4.78, 5) is 11.9. The van der Waals surface area contributed by atoms with E-state index in [4.69, 9.17) is 4.74 Å². The maximum atomic E-state index is 12.1. The number of rotatable bonds is 7. The highest BCUT2D eigenvalue weighted by Gasteiger charge is 2.28. The molecule has 0 spiro atoms. The standard InChI is InChI=1S/C19H29NO4S/c1-5-14(6-2)18-12-16(9-10-24-18)20-17-11-15(13(3)21)7-8-19(17)25(4,22)23/h7-8,11,14,16,18,20H,5-6,9-10,12H2,1-4H3. The van der Waals surface area contributed by atoms with Crippen molar-refractivity contribution < 1.29 is 17.9 Å². The predicted octanol–water partition coefficient (Wildman–Crippen LogP) is 3.69. The Morgan fingerprint density at radius 1 is 1.32 bits per heavy atom. The molecule has 2 unspecified atom stereocenters. The average Bonchev–Trinajstić information content (AvgIpc) is 2.55. The summed E-state index contributed by atoms with van der Waals surface area (Å²) < 4.78 is 30.1. The van der Waals surface area contributed by atoms with Crippen LogP contribution in [0.2, 0.25) is 0 Å². The van der Waals surface area contributed by atoms with Crippen molar-refractivity contribution >= 4 is 21.3 Å². The van der Waals surface area contributed by atoms with Gasteiger partial charge < -0.3 is 10.1 Å². The predicted molar refractivity (Wildman–Crippen MR) is 100 cm³/mol. The van der Waals surface area contributed by atoms with Gasteiger partial charge in [0.15, 0.2) is 15.6 Å². The van der Waals surface area contributed by atoms with Gasteiger partial charge in [0.1, 0.15) is 0 Å². The molecule has 1 aromatic rings. The molecule has 1 aromatic carbocycles. The molecule has 1 aliphatic rings. The van der Waals surface area contributed by atoms with Gasteiger partial charge in [-0.15, -0.1) is 0 Å². The molecule has 0 saturated carbocycles.